The highest BCUT2D eigenvalue weighted by atomic mass is 32.1. The van der Waals surface area contributed by atoms with Crippen molar-refractivity contribution in [2.24, 2.45) is 0 Å². The first-order chi connectivity index (χ1) is 13.0. The molecule has 140 valence electrons. The van der Waals surface area contributed by atoms with Gasteiger partial charge in [0.1, 0.15) is 24.6 Å². The maximum absolute atomic E-state index is 12.4. The van der Waals surface area contributed by atoms with Gasteiger partial charge in [-0.3, -0.25) is 0 Å². The van der Waals surface area contributed by atoms with Gasteiger partial charge in [0.05, 0.1) is 0 Å². The number of nitrogens with zero attached hydrogens (tertiary/aromatic N) is 2. The van der Waals surface area contributed by atoms with Crippen molar-refractivity contribution in [3.05, 3.63) is 60.1 Å². The van der Waals surface area contributed by atoms with Crippen molar-refractivity contribution in [2.45, 2.75) is 6.18 Å². The summed E-state index contributed by atoms with van der Waals surface area (Å²) in [5, 5.41) is 2.78. The number of rotatable bonds is 4. The first-order valence-electron chi connectivity index (χ1n) is 8.30. The van der Waals surface area contributed by atoms with Gasteiger partial charge in [0.15, 0.2) is 18.0 Å². The van der Waals surface area contributed by atoms with E-state index in [9.17, 15) is 13.2 Å². The number of halogens is 3. The van der Waals surface area contributed by atoms with Crippen molar-refractivity contribution >= 4 is 27.8 Å². The molecule has 2 heterocycles. The molecular formula is C19H16F3N2O2S+. The molecule has 4 rings (SSSR count). The number of benzene rings is 2. The van der Waals surface area contributed by atoms with Crippen molar-refractivity contribution in [3.63, 3.8) is 0 Å². The highest BCUT2D eigenvalue weighted by molar-refractivity contribution is 7.13. The third-order valence-electron chi connectivity index (χ3n) is 4.39. The van der Waals surface area contributed by atoms with Crippen molar-refractivity contribution < 1.29 is 22.6 Å². The Kier molecular flexibility index (Phi) is 4.53. The van der Waals surface area contributed by atoms with E-state index in [4.69, 9.17) is 9.47 Å². The van der Waals surface area contributed by atoms with Gasteiger partial charge in [-0.15, -0.1) is 0 Å². The molecular weight excluding hydrogens is 377 g/mol. The Morgan fingerprint density at radius 2 is 1.89 bits per heavy atom. The van der Waals surface area contributed by atoms with Crippen LogP contribution >= 0.6 is 11.3 Å². The minimum Gasteiger partial charge on any atom is -0.484 e. The van der Waals surface area contributed by atoms with E-state index in [1.807, 2.05) is 29.6 Å². The molecule has 27 heavy (non-hydrogen) atoms. The molecule has 1 aliphatic heterocycles. The summed E-state index contributed by atoms with van der Waals surface area (Å²) in [6.45, 7) is -0.175. The van der Waals surface area contributed by atoms with Gasteiger partial charge in [0, 0.05) is 29.8 Å². The lowest BCUT2D eigenvalue weighted by Crippen LogP contribution is -2.45. The van der Waals surface area contributed by atoms with Crippen molar-refractivity contribution in [1.82, 2.24) is 9.47 Å². The van der Waals surface area contributed by atoms with Crippen LogP contribution < -0.4 is 14.0 Å². The number of hydrogen-bond acceptors (Lipinski definition) is 4. The third-order valence-corrected chi connectivity index (χ3v) is 5.27. The van der Waals surface area contributed by atoms with Crippen LogP contribution in [0.1, 0.15) is 0 Å². The average molecular weight is 393 g/mol. The van der Waals surface area contributed by atoms with Gasteiger partial charge >= 0.3 is 6.18 Å². The summed E-state index contributed by atoms with van der Waals surface area (Å²) in [5.41, 5.74) is 1.84. The molecule has 0 bridgehead atoms. The quantitative estimate of drug-likeness (QED) is 0.553. The normalized spacial score (nSPS) is 19.2. The Bertz CT molecular complexity index is 913. The van der Waals surface area contributed by atoms with Gasteiger partial charge in [-0.05, 0) is 18.2 Å². The molecule has 2 aromatic carbocycles. The standard InChI is InChI=1S/C19H16F3N2O2S/c20-19(21,22)13-26-15-7-5-14(6-8-15)24(18-23-9-12-27-18)10-11-25-17-4-2-1-3-16(17)24/h1-9,12H,10-11,13H2/q+1. The van der Waals surface area contributed by atoms with Gasteiger partial charge in [0.2, 0.25) is 0 Å². The first-order valence-corrected chi connectivity index (χ1v) is 9.18. The summed E-state index contributed by atoms with van der Waals surface area (Å²) in [5.74, 6) is 0.950. The monoisotopic (exact) mass is 393 g/mol. The molecule has 0 saturated heterocycles. The molecule has 8 heteroatoms. The van der Waals surface area contributed by atoms with Gasteiger partial charge < -0.3 is 9.47 Å². The fourth-order valence-electron chi connectivity index (χ4n) is 3.25. The minimum absolute atomic E-state index is 0.176. The Labute approximate surface area is 158 Å². The number of ether oxygens (including phenoxy) is 2. The Morgan fingerprint density at radius 3 is 2.59 bits per heavy atom. The predicted molar refractivity (Wildman–Crippen MR) is 98.0 cm³/mol. The number of hydrogen-bond donors (Lipinski definition) is 0. The van der Waals surface area contributed by atoms with Crippen molar-refractivity contribution in [3.8, 4) is 11.5 Å². The largest absolute Gasteiger partial charge is 0.484 e. The van der Waals surface area contributed by atoms with Crippen LogP contribution in [0.2, 0.25) is 0 Å². The van der Waals surface area contributed by atoms with Gasteiger partial charge in [-0.2, -0.15) is 22.6 Å². The van der Waals surface area contributed by atoms with Crippen LogP contribution in [0.4, 0.5) is 29.7 Å². The van der Waals surface area contributed by atoms with E-state index in [0.29, 0.717) is 17.6 Å². The highest BCUT2D eigenvalue weighted by Gasteiger charge is 2.43. The first kappa shape index (κ1) is 17.8. The summed E-state index contributed by atoms with van der Waals surface area (Å²) < 4.78 is 48.1. The van der Waals surface area contributed by atoms with E-state index in [-0.39, 0.29) is 5.75 Å². The van der Waals surface area contributed by atoms with Crippen LogP contribution in [0.5, 0.6) is 11.5 Å². The zero-order valence-corrected chi connectivity index (χ0v) is 15.0. The van der Waals surface area contributed by atoms with E-state index in [2.05, 4.69) is 4.98 Å². The van der Waals surface area contributed by atoms with Crippen LogP contribution in [0.25, 0.3) is 0 Å². The van der Waals surface area contributed by atoms with E-state index in [0.717, 1.165) is 22.3 Å². The number of para-hydroxylation sites is 2. The second-order valence-corrected chi connectivity index (χ2v) is 6.93. The second-order valence-electron chi connectivity index (χ2n) is 6.06. The van der Waals surface area contributed by atoms with Crippen LogP contribution in [0.15, 0.2) is 60.1 Å². The van der Waals surface area contributed by atoms with E-state index in [1.165, 1.54) is 11.3 Å². The van der Waals surface area contributed by atoms with Crippen molar-refractivity contribution in [2.75, 3.05) is 19.8 Å². The molecule has 0 saturated carbocycles. The summed E-state index contributed by atoms with van der Waals surface area (Å²) in [4.78, 5) is 4.53. The molecule has 1 unspecified atom stereocenters. The lowest BCUT2D eigenvalue weighted by molar-refractivity contribution is -0.153. The topological polar surface area (TPSA) is 31.4 Å². The van der Waals surface area contributed by atoms with Crippen LogP contribution in [-0.4, -0.2) is 30.9 Å². The third kappa shape index (κ3) is 3.38. The molecule has 0 spiro atoms. The summed E-state index contributed by atoms with van der Waals surface area (Å²) in [6, 6.07) is 14.5. The van der Waals surface area contributed by atoms with Gasteiger partial charge in [-0.25, -0.2) is 0 Å². The van der Waals surface area contributed by atoms with Gasteiger partial charge in [0.25, 0.3) is 5.13 Å². The molecule has 1 aromatic heterocycles. The number of fused-ring (bicyclic) bond motifs is 1. The summed E-state index contributed by atoms with van der Waals surface area (Å²) >= 11 is 1.53. The summed E-state index contributed by atoms with van der Waals surface area (Å²) in [7, 11) is 0. The number of aromatic nitrogens is 1. The molecule has 0 amide bonds. The number of quaternary nitrogens is 1. The molecule has 0 N–H and O–H groups in total. The molecule has 3 aromatic rings. The molecule has 1 aliphatic rings. The van der Waals surface area contributed by atoms with Crippen LogP contribution in [-0.2, 0) is 0 Å². The smallest absolute Gasteiger partial charge is 0.422 e. The fraction of sp³-hybridized carbons (Fsp3) is 0.211. The molecule has 0 radical (unpaired) electrons. The van der Waals surface area contributed by atoms with Crippen LogP contribution in [0.3, 0.4) is 0 Å². The molecule has 0 aliphatic carbocycles. The van der Waals surface area contributed by atoms with Crippen LogP contribution in [0, 0.1) is 0 Å². The van der Waals surface area contributed by atoms with E-state index >= 15 is 0 Å². The molecule has 4 nitrogen and oxygen atoms in total. The maximum Gasteiger partial charge on any atom is 0.422 e. The Hall–Kier alpha value is -2.58. The highest BCUT2D eigenvalue weighted by Crippen LogP contribution is 2.50. The minimum atomic E-state index is -4.36. The Balaban J connectivity index is 1.76. The number of alkyl halides is 3. The zero-order chi connectivity index (χ0) is 18.9. The molecule has 1 atom stereocenters. The Morgan fingerprint density at radius 1 is 1.11 bits per heavy atom. The van der Waals surface area contributed by atoms with Gasteiger partial charge in [-0.1, -0.05) is 23.5 Å². The van der Waals surface area contributed by atoms with E-state index < -0.39 is 12.8 Å². The second kappa shape index (κ2) is 6.86. The average Bonchev–Trinajstić information content (AvgIpc) is 3.21. The maximum atomic E-state index is 12.4. The SMILES string of the molecule is FC(F)(F)COc1ccc([N+]2(c3nccs3)CCOc3ccccc32)cc1. The fourth-order valence-corrected chi connectivity index (χ4v) is 4.09. The molecule has 0 fully saturated rings. The number of thiazole rings is 1. The zero-order valence-electron chi connectivity index (χ0n) is 14.1. The lowest BCUT2D eigenvalue weighted by atomic mass is 10.1. The predicted octanol–water partition coefficient (Wildman–Crippen LogP) is 5.45. The van der Waals surface area contributed by atoms with E-state index in [1.54, 1.807) is 30.5 Å². The lowest BCUT2D eigenvalue weighted by Gasteiger charge is -2.38. The van der Waals surface area contributed by atoms with Crippen molar-refractivity contribution in [1.29, 1.82) is 0 Å². The summed E-state index contributed by atoms with van der Waals surface area (Å²) in [6.07, 6.45) is -2.62.